The third-order valence-corrected chi connectivity index (χ3v) is 3.36. The molecule has 1 aromatic carbocycles. The minimum atomic E-state index is -3.19. The number of imide groups is 1. The highest BCUT2D eigenvalue weighted by Gasteiger charge is 2.63. The largest absolute Gasteiger partial charge is 0.463 e. The molecule has 2 unspecified atom stereocenters. The second kappa shape index (κ2) is 7.29. The number of carbonyl (C=O) groups excluding carboxylic acids is 3. The van der Waals surface area contributed by atoms with Crippen LogP contribution in [0.1, 0.15) is 32.4 Å². The van der Waals surface area contributed by atoms with Crippen LogP contribution in [-0.4, -0.2) is 41.0 Å². The van der Waals surface area contributed by atoms with Crippen molar-refractivity contribution in [2.24, 2.45) is 5.16 Å². The minimum Gasteiger partial charge on any atom is -0.463 e. The molecular weight excluding hydrogens is 333 g/mol. The number of hydrogen-bond donors (Lipinski definition) is 1. The van der Waals surface area contributed by atoms with Gasteiger partial charge in [0, 0.05) is 0 Å². The van der Waals surface area contributed by atoms with Crippen LogP contribution in [0, 0.1) is 0 Å². The number of ether oxygens (including phenoxy) is 1. The van der Waals surface area contributed by atoms with E-state index in [1.165, 1.54) is 19.1 Å². The molecule has 1 fully saturated rings. The summed E-state index contributed by atoms with van der Waals surface area (Å²) in [5.74, 6) is -2.83. The van der Waals surface area contributed by atoms with E-state index in [1.807, 2.05) is 0 Å². The lowest BCUT2D eigenvalue weighted by atomic mass is 9.87. The number of hydroxylamine groups is 2. The first-order valence-corrected chi connectivity index (χ1v) is 7.56. The van der Waals surface area contributed by atoms with Gasteiger partial charge in [0.15, 0.2) is 6.04 Å². The molecule has 0 bridgehead atoms. The molecule has 25 heavy (non-hydrogen) atoms. The van der Waals surface area contributed by atoms with Gasteiger partial charge in [-0.15, -0.1) is 5.06 Å². The molecule has 0 aliphatic carbocycles. The molecule has 1 aliphatic rings. The maximum Gasteiger partial charge on any atom is 0.359 e. The first kappa shape index (κ1) is 18.4. The second-order valence-corrected chi connectivity index (χ2v) is 5.45. The van der Waals surface area contributed by atoms with E-state index in [2.05, 4.69) is 5.16 Å². The zero-order chi connectivity index (χ0) is 18.6. The van der Waals surface area contributed by atoms with E-state index in [0.29, 0.717) is 10.8 Å². The quantitative estimate of drug-likeness (QED) is 0.378. The van der Waals surface area contributed by atoms with Crippen molar-refractivity contribution in [3.8, 4) is 0 Å². The summed E-state index contributed by atoms with van der Waals surface area (Å²) in [5.41, 5.74) is -2.58. The van der Waals surface area contributed by atoms with E-state index in [0.717, 1.165) is 0 Å². The van der Waals surface area contributed by atoms with Gasteiger partial charge >= 0.3 is 17.7 Å². The smallest absolute Gasteiger partial charge is 0.359 e. The van der Waals surface area contributed by atoms with Crippen molar-refractivity contribution in [2.45, 2.75) is 32.5 Å². The number of carbonyl (C=O) groups is 3. The summed E-state index contributed by atoms with van der Waals surface area (Å²) in [6, 6.07) is 5.00. The van der Waals surface area contributed by atoms with Gasteiger partial charge in [-0.05, 0) is 26.3 Å². The number of alkyl halides is 1. The average Bonchev–Trinajstić information content (AvgIpc) is 2.57. The van der Waals surface area contributed by atoms with Crippen LogP contribution in [0.2, 0.25) is 0 Å². The lowest BCUT2D eigenvalue weighted by molar-refractivity contribution is -0.205. The van der Waals surface area contributed by atoms with Crippen LogP contribution in [0.25, 0.3) is 0 Å². The number of esters is 1. The molecule has 0 radical (unpaired) electrons. The van der Waals surface area contributed by atoms with Gasteiger partial charge in [-0.25, -0.2) is 14.0 Å². The topological polar surface area (TPSA) is 97.3 Å². The Labute approximate surface area is 143 Å². The first-order chi connectivity index (χ1) is 11.8. The number of nitrogens with one attached hydrogen (secondary N) is 1. The third kappa shape index (κ3) is 3.44. The lowest BCUT2D eigenvalue weighted by Gasteiger charge is -2.39. The van der Waals surface area contributed by atoms with Crippen LogP contribution in [0.15, 0.2) is 35.5 Å². The van der Waals surface area contributed by atoms with Crippen LogP contribution in [0.5, 0.6) is 0 Å². The predicted octanol–water partition coefficient (Wildman–Crippen LogP) is 1.88. The van der Waals surface area contributed by atoms with Crippen molar-refractivity contribution in [3.05, 3.63) is 35.9 Å². The fourth-order valence-electron chi connectivity index (χ4n) is 2.30. The summed E-state index contributed by atoms with van der Waals surface area (Å²) in [7, 11) is 0. The number of benzene rings is 1. The first-order valence-electron chi connectivity index (χ1n) is 7.56. The second-order valence-electron chi connectivity index (χ2n) is 5.45. The van der Waals surface area contributed by atoms with Gasteiger partial charge in [0.05, 0.1) is 12.3 Å². The number of oxime groups is 1. The number of halogens is 1. The van der Waals surface area contributed by atoms with Crippen LogP contribution in [0.4, 0.5) is 9.18 Å². The Morgan fingerprint density at radius 3 is 2.52 bits per heavy atom. The number of rotatable bonds is 5. The SMILES string of the molecule is CCOC(=O)C1(F)C(=O)NC(=O)N(ON=C(C)C)C1c1ccccc1. The Morgan fingerprint density at radius 1 is 1.32 bits per heavy atom. The Kier molecular flexibility index (Phi) is 5.35. The highest BCUT2D eigenvalue weighted by atomic mass is 19.1. The summed E-state index contributed by atoms with van der Waals surface area (Å²) < 4.78 is 20.3. The molecule has 0 spiro atoms. The molecule has 0 saturated carbocycles. The fourth-order valence-corrected chi connectivity index (χ4v) is 2.30. The number of amides is 3. The molecule has 9 heteroatoms. The summed E-state index contributed by atoms with van der Waals surface area (Å²) in [6.07, 6.45) is 0. The van der Waals surface area contributed by atoms with E-state index in [-0.39, 0.29) is 12.2 Å². The standard InChI is InChI=1S/C16H18FN3O5/c1-4-24-14(22)16(17)12(11-8-6-5-7-9-11)20(25-19-10(2)3)15(23)18-13(16)21/h5-9,12H,4H2,1-3H3,(H,18,21,23). The third-order valence-electron chi connectivity index (χ3n) is 3.36. The number of urea groups is 1. The van der Waals surface area contributed by atoms with Crippen molar-refractivity contribution in [1.29, 1.82) is 0 Å². The molecule has 2 rings (SSSR count). The van der Waals surface area contributed by atoms with Crippen LogP contribution in [0.3, 0.4) is 0 Å². The predicted molar refractivity (Wildman–Crippen MR) is 84.9 cm³/mol. The van der Waals surface area contributed by atoms with Crippen molar-refractivity contribution in [3.63, 3.8) is 0 Å². The maximum atomic E-state index is 15.6. The van der Waals surface area contributed by atoms with Gasteiger partial charge in [-0.2, -0.15) is 0 Å². The van der Waals surface area contributed by atoms with Crippen LogP contribution < -0.4 is 5.32 Å². The Hall–Kier alpha value is -2.97. The minimum absolute atomic E-state index is 0.139. The molecule has 8 nitrogen and oxygen atoms in total. The van der Waals surface area contributed by atoms with Crippen molar-refractivity contribution in [1.82, 2.24) is 10.4 Å². The fraction of sp³-hybridized carbons (Fsp3) is 0.375. The average molecular weight is 351 g/mol. The van der Waals surface area contributed by atoms with E-state index < -0.39 is 29.6 Å². The van der Waals surface area contributed by atoms with Gasteiger partial charge < -0.3 is 4.74 Å². The molecule has 3 amide bonds. The molecular formula is C16H18FN3O5. The lowest BCUT2D eigenvalue weighted by Crippen LogP contribution is -2.66. The maximum absolute atomic E-state index is 15.6. The number of hydrogen-bond acceptors (Lipinski definition) is 6. The van der Waals surface area contributed by atoms with E-state index in [9.17, 15) is 14.4 Å². The summed E-state index contributed by atoms with van der Waals surface area (Å²) in [4.78, 5) is 41.6. The van der Waals surface area contributed by atoms with Gasteiger partial charge in [0.2, 0.25) is 0 Å². The van der Waals surface area contributed by atoms with E-state index >= 15 is 4.39 Å². The Bertz CT molecular complexity index is 705. The normalized spacial score (nSPS) is 22.9. The van der Waals surface area contributed by atoms with E-state index in [4.69, 9.17) is 9.68 Å². The molecule has 1 aliphatic heterocycles. The summed E-state index contributed by atoms with van der Waals surface area (Å²) in [6.45, 7) is 4.53. The molecule has 1 N–H and O–H groups in total. The highest BCUT2D eigenvalue weighted by Crippen LogP contribution is 2.39. The molecule has 134 valence electrons. The molecule has 1 saturated heterocycles. The molecule has 1 aromatic rings. The van der Waals surface area contributed by atoms with Crippen molar-refractivity contribution < 1.29 is 28.4 Å². The Morgan fingerprint density at radius 2 is 1.96 bits per heavy atom. The zero-order valence-electron chi connectivity index (χ0n) is 14.0. The van der Waals surface area contributed by atoms with Crippen LogP contribution >= 0.6 is 0 Å². The summed E-state index contributed by atoms with van der Waals surface area (Å²) in [5, 5.41) is 5.90. The summed E-state index contributed by atoms with van der Waals surface area (Å²) >= 11 is 0. The van der Waals surface area contributed by atoms with Gasteiger partial charge in [-0.1, -0.05) is 35.5 Å². The van der Waals surface area contributed by atoms with Gasteiger partial charge in [-0.3, -0.25) is 15.0 Å². The van der Waals surface area contributed by atoms with E-state index in [1.54, 1.807) is 37.4 Å². The van der Waals surface area contributed by atoms with Gasteiger partial charge in [0.25, 0.3) is 5.91 Å². The highest BCUT2D eigenvalue weighted by molar-refractivity contribution is 6.14. The molecule has 2 atom stereocenters. The zero-order valence-corrected chi connectivity index (χ0v) is 14.0. The van der Waals surface area contributed by atoms with Gasteiger partial charge in [0.1, 0.15) is 0 Å². The Balaban J connectivity index is 2.58. The van der Waals surface area contributed by atoms with Crippen molar-refractivity contribution >= 4 is 23.6 Å². The number of nitrogens with zero attached hydrogens (tertiary/aromatic N) is 2. The monoisotopic (exact) mass is 351 g/mol. The molecule has 0 aromatic heterocycles. The van der Waals surface area contributed by atoms with Crippen molar-refractivity contribution in [2.75, 3.05) is 6.61 Å². The molecule has 1 heterocycles. The van der Waals surface area contributed by atoms with Crippen LogP contribution in [-0.2, 0) is 19.3 Å².